The smallest absolute Gasteiger partial charge is 0.329 e. The van der Waals surface area contributed by atoms with Crippen molar-refractivity contribution in [1.82, 2.24) is 9.78 Å². The summed E-state index contributed by atoms with van der Waals surface area (Å²) in [6, 6.07) is 2.40. The van der Waals surface area contributed by atoms with Crippen molar-refractivity contribution in [1.29, 1.82) is 0 Å². The number of terminal acetylenes is 1. The van der Waals surface area contributed by atoms with Crippen LogP contribution in [0, 0.1) is 25.3 Å². The summed E-state index contributed by atoms with van der Waals surface area (Å²) >= 11 is 12.1. The first-order valence-corrected chi connectivity index (χ1v) is 6.95. The second-order valence-corrected chi connectivity index (χ2v) is 5.18. The lowest BCUT2D eigenvalue weighted by Crippen LogP contribution is -2.00. The lowest BCUT2D eigenvalue weighted by molar-refractivity contribution is -0.224. The number of ether oxygens (including phenoxy) is 1. The molecule has 0 aliphatic rings. The van der Waals surface area contributed by atoms with Gasteiger partial charge in [-0.05, 0) is 25.6 Å². The van der Waals surface area contributed by atoms with E-state index in [1.54, 1.807) is 20.1 Å². The lowest BCUT2D eigenvalue weighted by atomic mass is 10.1. The van der Waals surface area contributed by atoms with Crippen molar-refractivity contribution in [3.8, 4) is 29.5 Å². The quantitative estimate of drug-likeness (QED) is 0.335. The highest BCUT2D eigenvalue weighted by Gasteiger charge is 2.19. The summed E-state index contributed by atoms with van der Waals surface area (Å²) in [5.41, 5.74) is 1.06. The molecule has 1 aromatic heterocycles. The van der Waals surface area contributed by atoms with Gasteiger partial charge in [-0.1, -0.05) is 29.6 Å². The van der Waals surface area contributed by atoms with Crippen LogP contribution in [0.5, 0.6) is 5.75 Å². The van der Waals surface area contributed by atoms with E-state index in [2.05, 4.69) is 21.5 Å². The fourth-order valence-electron chi connectivity index (χ4n) is 1.75. The van der Waals surface area contributed by atoms with Crippen molar-refractivity contribution in [3.05, 3.63) is 46.2 Å². The number of nitrogens with zero attached hydrogens (tertiary/aromatic N) is 2. The lowest BCUT2D eigenvalue weighted by Gasteiger charge is -2.10. The molecule has 5 nitrogen and oxygen atoms in total. The molecule has 1 heterocycles. The Hall–Kier alpha value is -2.36. The summed E-state index contributed by atoms with van der Waals surface area (Å²) in [7, 11) is 1.70. The van der Waals surface area contributed by atoms with Crippen molar-refractivity contribution in [2.75, 3.05) is 0 Å². The number of aromatic nitrogens is 2. The molecule has 2 aromatic rings. The Balaban J connectivity index is 0.00000288. The highest BCUT2D eigenvalue weighted by Crippen LogP contribution is 2.37. The summed E-state index contributed by atoms with van der Waals surface area (Å²) in [6.07, 6.45) is 6.63. The van der Waals surface area contributed by atoms with Crippen LogP contribution in [0.2, 0.25) is 10.0 Å². The van der Waals surface area contributed by atoms with Gasteiger partial charge in [0.15, 0.2) is 11.9 Å². The zero-order valence-electron chi connectivity index (χ0n) is 12.2. The Morgan fingerprint density at radius 2 is 2.17 bits per heavy atom. The fourth-order valence-corrected chi connectivity index (χ4v) is 2.20. The van der Waals surface area contributed by atoms with E-state index in [4.69, 9.17) is 34.4 Å². The molecule has 0 amide bonds. The molecular formula is C15H15Cl2FN2O3. The summed E-state index contributed by atoms with van der Waals surface area (Å²) in [5, 5.41) is 4.51. The molecule has 0 bridgehead atoms. The van der Waals surface area contributed by atoms with Gasteiger partial charge < -0.3 is 4.74 Å². The van der Waals surface area contributed by atoms with Gasteiger partial charge in [0, 0.05) is 15.5 Å². The van der Waals surface area contributed by atoms with E-state index >= 15 is 0 Å². The maximum absolute atomic E-state index is 14.2. The van der Waals surface area contributed by atoms with E-state index < -0.39 is 5.82 Å². The van der Waals surface area contributed by atoms with Gasteiger partial charge in [0.2, 0.25) is 0 Å². The van der Waals surface area contributed by atoms with Crippen LogP contribution < -0.4 is 4.74 Å². The van der Waals surface area contributed by atoms with Crippen LogP contribution in [0.1, 0.15) is 8.55 Å². The molecule has 0 saturated carbocycles. The number of benzene rings is 1. The predicted molar refractivity (Wildman–Crippen MR) is 88.4 cm³/mol. The molecule has 0 saturated heterocycles. The van der Waals surface area contributed by atoms with Crippen LogP contribution >= 0.6 is 23.2 Å². The summed E-state index contributed by atoms with van der Waals surface area (Å²) < 4.78 is 21.0. The minimum Gasteiger partial charge on any atom is -0.422 e. The molecule has 0 radical (unpaired) electrons. The summed E-state index contributed by atoms with van der Waals surface area (Å²) in [4.78, 5) is 8.76. The first kappa shape index (κ1) is 17.0. The number of hydrogen-bond acceptors (Lipinski definition) is 4. The van der Waals surface area contributed by atoms with E-state index in [1.807, 2.05) is 0 Å². The molecule has 23 heavy (non-hydrogen) atoms. The average Bonchev–Trinajstić information content (AvgIpc) is 2.75. The van der Waals surface area contributed by atoms with E-state index in [0.29, 0.717) is 10.7 Å². The van der Waals surface area contributed by atoms with Crippen LogP contribution in [0.4, 0.5) is 4.39 Å². The van der Waals surface area contributed by atoms with Gasteiger partial charge in [-0.2, -0.15) is 5.10 Å². The largest absolute Gasteiger partial charge is 0.422 e. The molecule has 0 aliphatic heterocycles. The number of halogens is 3. The van der Waals surface area contributed by atoms with Crippen molar-refractivity contribution in [2.24, 2.45) is 7.05 Å². The third-order valence-corrected chi connectivity index (χ3v) is 3.69. The highest BCUT2D eigenvalue weighted by atomic mass is 35.5. The van der Waals surface area contributed by atoms with Crippen LogP contribution in [0.25, 0.3) is 11.3 Å². The van der Waals surface area contributed by atoms with Crippen LogP contribution in [-0.4, -0.2) is 9.78 Å². The topological polar surface area (TPSA) is 45.5 Å². The van der Waals surface area contributed by atoms with Gasteiger partial charge in [-0.15, -0.1) is 0 Å². The minimum absolute atomic E-state index is 0. The summed E-state index contributed by atoms with van der Waals surface area (Å²) in [6.45, 7) is 5.19. The Bertz CT molecular complexity index is 822. The molecule has 0 N–H and O–H groups in total. The Labute approximate surface area is 145 Å². The Morgan fingerprint density at radius 3 is 2.74 bits per heavy atom. The van der Waals surface area contributed by atoms with Gasteiger partial charge in [0.1, 0.15) is 11.5 Å². The molecule has 8 heteroatoms. The molecular weight excluding hydrogens is 346 g/mol. The molecule has 0 unspecified atom stereocenters. The first-order chi connectivity index (χ1) is 10.8. The number of aryl methyl sites for hydroxylation is 1. The van der Waals surface area contributed by atoms with E-state index in [0.717, 1.165) is 6.07 Å². The zero-order chi connectivity index (χ0) is 17.1. The normalized spacial score (nSPS) is 10.1. The second kappa shape index (κ2) is 6.82. The first-order valence-electron chi connectivity index (χ1n) is 6.19. The molecule has 0 spiro atoms. The van der Waals surface area contributed by atoms with E-state index in [1.165, 1.54) is 10.7 Å². The van der Waals surface area contributed by atoms with Crippen molar-refractivity contribution < 1.29 is 21.8 Å². The van der Waals surface area contributed by atoms with Gasteiger partial charge in [-0.3, -0.25) is 4.68 Å². The van der Waals surface area contributed by atoms with Gasteiger partial charge in [0.05, 0.1) is 15.7 Å². The standard InChI is InChI=1S/C15H11Cl2FN2O3.2H2/c1-5-21-23-9(3)22-13-6-10(12(18)7-11(13)16)15-14(17)8(2)20(4)19-15;;/h1,6-7H,3H2,2,4H3;2*1H. The fraction of sp³-hybridized carbons (Fsp3) is 0.133. The third kappa shape index (κ3) is 3.52. The SMILES string of the molecule is C#COOC(=C)Oc1cc(-c2nn(C)c(C)c2Cl)c(F)cc1Cl.[HH].[HH]. The monoisotopic (exact) mass is 360 g/mol. The number of hydrogen-bond donors (Lipinski definition) is 0. The Morgan fingerprint density at radius 1 is 1.48 bits per heavy atom. The van der Waals surface area contributed by atoms with Crippen LogP contribution in [0.3, 0.4) is 0 Å². The summed E-state index contributed by atoms with van der Waals surface area (Å²) in [5.74, 6) is -0.799. The van der Waals surface area contributed by atoms with Gasteiger partial charge in [-0.25, -0.2) is 14.2 Å². The van der Waals surface area contributed by atoms with Crippen molar-refractivity contribution >= 4 is 23.2 Å². The van der Waals surface area contributed by atoms with Gasteiger partial charge in [0.25, 0.3) is 0 Å². The van der Waals surface area contributed by atoms with E-state index in [-0.39, 0.29) is 30.8 Å². The third-order valence-electron chi connectivity index (χ3n) is 2.94. The van der Waals surface area contributed by atoms with E-state index in [9.17, 15) is 4.39 Å². The molecule has 0 fully saturated rings. The number of rotatable bonds is 5. The molecule has 0 atom stereocenters. The highest BCUT2D eigenvalue weighted by molar-refractivity contribution is 6.34. The van der Waals surface area contributed by atoms with Crippen molar-refractivity contribution in [3.63, 3.8) is 0 Å². The maximum atomic E-state index is 14.2. The molecule has 124 valence electrons. The zero-order valence-corrected chi connectivity index (χ0v) is 13.7. The molecule has 2 rings (SSSR count). The average molecular weight is 361 g/mol. The van der Waals surface area contributed by atoms with Gasteiger partial charge >= 0.3 is 5.95 Å². The predicted octanol–water partition coefficient (Wildman–Crippen LogP) is 4.72. The van der Waals surface area contributed by atoms with Crippen LogP contribution in [0.15, 0.2) is 24.7 Å². The Kier molecular flexibility index (Phi) is 5.04. The van der Waals surface area contributed by atoms with Crippen molar-refractivity contribution in [2.45, 2.75) is 6.92 Å². The van der Waals surface area contributed by atoms with Crippen LogP contribution in [-0.2, 0) is 16.8 Å². The molecule has 0 aliphatic carbocycles. The maximum Gasteiger partial charge on any atom is 0.329 e. The molecule has 1 aromatic carbocycles. The minimum atomic E-state index is -0.603. The second-order valence-electron chi connectivity index (χ2n) is 4.39.